The molecule has 0 fully saturated rings. The molecule has 0 aliphatic carbocycles. The molecule has 25 heavy (non-hydrogen) atoms. The van der Waals surface area contributed by atoms with Crippen molar-refractivity contribution in [1.29, 1.82) is 0 Å². The van der Waals surface area contributed by atoms with Crippen LogP contribution in [0.15, 0.2) is 31.0 Å². The van der Waals surface area contributed by atoms with Crippen molar-refractivity contribution in [2.45, 2.75) is 33.1 Å². The van der Waals surface area contributed by atoms with Crippen LogP contribution in [0.3, 0.4) is 0 Å². The fourth-order valence-corrected chi connectivity index (χ4v) is 2.46. The predicted molar refractivity (Wildman–Crippen MR) is 90.1 cm³/mol. The van der Waals surface area contributed by atoms with E-state index in [1.54, 1.807) is 20.8 Å². The van der Waals surface area contributed by atoms with Gasteiger partial charge < -0.3 is 4.74 Å². The van der Waals surface area contributed by atoms with Gasteiger partial charge in [0.2, 0.25) is 0 Å². The number of aromatic nitrogens is 1. The summed E-state index contributed by atoms with van der Waals surface area (Å²) in [4.78, 5) is 3.38. The SMILES string of the molecule is C=C(C)c1cc(Cl)c(F)c(-c2ccc(C(F)(F)F)nc2)c1OC(C)C. The van der Waals surface area contributed by atoms with Crippen molar-refractivity contribution in [2.24, 2.45) is 0 Å². The zero-order valence-corrected chi connectivity index (χ0v) is 14.6. The molecule has 2 rings (SSSR count). The third kappa shape index (κ3) is 4.12. The molecule has 2 aromatic rings. The van der Waals surface area contributed by atoms with Gasteiger partial charge in [-0.15, -0.1) is 0 Å². The molecule has 0 saturated heterocycles. The summed E-state index contributed by atoms with van der Waals surface area (Å²) in [6.07, 6.45) is -3.92. The van der Waals surface area contributed by atoms with Crippen molar-refractivity contribution in [3.8, 4) is 16.9 Å². The summed E-state index contributed by atoms with van der Waals surface area (Å²) < 4.78 is 58.5. The van der Waals surface area contributed by atoms with Gasteiger partial charge in [0.25, 0.3) is 0 Å². The molecule has 0 radical (unpaired) electrons. The molecule has 0 saturated carbocycles. The van der Waals surface area contributed by atoms with Crippen LogP contribution in [0, 0.1) is 5.82 Å². The second kappa shape index (κ2) is 7.04. The first kappa shape index (κ1) is 19.2. The molecule has 0 N–H and O–H groups in total. The Morgan fingerprint density at radius 2 is 1.92 bits per heavy atom. The minimum absolute atomic E-state index is 0.0413. The van der Waals surface area contributed by atoms with Crippen molar-refractivity contribution in [2.75, 3.05) is 0 Å². The van der Waals surface area contributed by atoms with Gasteiger partial charge in [0, 0.05) is 17.3 Å². The van der Waals surface area contributed by atoms with E-state index in [-0.39, 0.29) is 28.0 Å². The highest BCUT2D eigenvalue weighted by Gasteiger charge is 2.32. The van der Waals surface area contributed by atoms with Crippen LogP contribution < -0.4 is 4.74 Å². The van der Waals surface area contributed by atoms with Crippen LogP contribution >= 0.6 is 11.6 Å². The van der Waals surface area contributed by atoms with E-state index in [9.17, 15) is 17.6 Å². The van der Waals surface area contributed by atoms with Crippen molar-refractivity contribution in [1.82, 2.24) is 4.98 Å². The van der Waals surface area contributed by atoms with Gasteiger partial charge in [0.1, 0.15) is 11.4 Å². The highest BCUT2D eigenvalue weighted by molar-refractivity contribution is 6.31. The monoisotopic (exact) mass is 373 g/mol. The van der Waals surface area contributed by atoms with Crippen LogP contribution in [0.1, 0.15) is 32.0 Å². The molecule has 7 heteroatoms. The van der Waals surface area contributed by atoms with E-state index in [1.807, 2.05) is 0 Å². The standard InChI is InChI=1S/C18H16ClF4NO/c1-9(2)12-7-13(19)16(20)15(17(12)25-10(3)4)11-5-6-14(24-8-11)18(21,22)23/h5-8,10H,1H2,2-4H3. The van der Waals surface area contributed by atoms with E-state index >= 15 is 0 Å². The summed E-state index contributed by atoms with van der Waals surface area (Å²) in [5.74, 6) is -0.616. The van der Waals surface area contributed by atoms with Gasteiger partial charge in [0.15, 0.2) is 5.82 Å². The van der Waals surface area contributed by atoms with Gasteiger partial charge in [-0.2, -0.15) is 13.2 Å². The van der Waals surface area contributed by atoms with E-state index in [0.29, 0.717) is 11.1 Å². The first-order valence-corrected chi connectivity index (χ1v) is 7.78. The Labute approximate surface area is 148 Å². The second-order valence-corrected chi connectivity index (χ2v) is 6.21. The lowest BCUT2D eigenvalue weighted by atomic mass is 9.98. The summed E-state index contributed by atoms with van der Waals surface area (Å²) in [5, 5.41) is -0.177. The Morgan fingerprint density at radius 3 is 2.36 bits per heavy atom. The average molecular weight is 374 g/mol. The Morgan fingerprint density at radius 1 is 1.28 bits per heavy atom. The van der Waals surface area contributed by atoms with Crippen LogP contribution in [-0.4, -0.2) is 11.1 Å². The minimum Gasteiger partial charge on any atom is -0.490 e. The quantitative estimate of drug-likeness (QED) is 0.580. The third-order valence-corrected chi connectivity index (χ3v) is 3.60. The summed E-state index contributed by atoms with van der Waals surface area (Å²) in [5.41, 5.74) is 0.0883. The van der Waals surface area contributed by atoms with Gasteiger partial charge >= 0.3 is 6.18 Å². The van der Waals surface area contributed by atoms with Gasteiger partial charge in [0.05, 0.1) is 16.7 Å². The normalized spacial score (nSPS) is 11.7. The molecule has 0 spiro atoms. The van der Waals surface area contributed by atoms with Crippen LogP contribution in [0.5, 0.6) is 5.75 Å². The largest absolute Gasteiger partial charge is 0.490 e. The molecule has 0 atom stereocenters. The molecule has 1 heterocycles. The lowest BCUT2D eigenvalue weighted by Gasteiger charge is -2.20. The number of benzene rings is 1. The average Bonchev–Trinajstić information content (AvgIpc) is 2.49. The number of pyridine rings is 1. The smallest absolute Gasteiger partial charge is 0.433 e. The van der Waals surface area contributed by atoms with Gasteiger partial charge in [-0.05, 0) is 38.5 Å². The summed E-state index contributed by atoms with van der Waals surface area (Å²) in [7, 11) is 0. The zero-order valence-electron chi connectivity index (χ0n) is 13.8. The van der Waals surface area contributed by atoms with Crippen molar-refractivity contribution in [3.05, 3.63) is 53.1 Å². The summed E-state index contributed by atoms with van der Waals surface area (Å²) in [6, 6.07) is 3.31. The summed E-state index contributed by atoms with van der Waals surface area (Å²) in [6.45, 7) is 9.03. The number of halogens is 5. The number of hydrogen-bond donors (Lipinski definition) is 0. The number of hydrogen-bond acceptors (Lipinski definition) is 2. The van der Waals surface area contributed by atoms with Crippen LogP contribution in [-0.2, 0) is 6.18 Å². The van der Waals surface area contributed by atoms with Gasteiger partial charge in [-0.1, -0.05) is 24.2 Å². The number of alkyl halides is 3. The van der Waals surface area contributed by atoms with Crippen LogP contribution in [0.4, 0.5) is 17.6 Å². The number of nitrogens with zero attached hydrogens (tertiary/aromatic N) is 1. The maximum absolute atomic E-state index is 14.7. The molecule has 1 aromatic heterocycles. The zero-order chi connectivity index (χ0) is 18.9. The Hall–Kier alpha value is -2.08. The maximum atomic E-state index is 14.7. The molecule has 0 aliphatic heterocycles. The molecule has 0 amide bonds. The molecule has 1 aromatic carbocycles. The number of allylic oxidation sites excluding steroid dienone is 1. The minimum atomic E-state index is -4.58. The molecule has 134 valence electrons. The molecule has 0 unspecified atom stereocenters. The first-order chi connectivity index (χ1) is 11.5. The topological polar surface area (TPSA) is 22.1 Å². The first-order valence-electron chi connectivity index (χ1n) is 7.40. The van der Waals surface area contributed by atoms with Crippen LogP contribution in [0.25, 0.3) is 16.7 Å². The van der Waals surface area contributed by atoms with Gasteiger partial charge in [-0.3, -0.25) is 4.98 Å². The van der Waals surface area contributed by atoms with Crippen molar-refractivity contribution in [3.63, 3.8) is 0 Å². The Kier molecular flexibility index (Phi) is 5.42. The van der Waals surface area contributed by atoms with E-state index in [0.717, 1.165) is 18.3 Å². The number of rotatable bonds is 4. The van der Waals surface area contributed by atoms with E-state index < -0.39 is 17.7 Å². The highest BCUT2D eigenvalue weighted by Crippen LogP contribution is 2.42. The highest BCUT2D eigenvalue weighted by atomic mass is 35.5. The fourth-order valence-electron chi connectivity index (χ4n) is 2.25. The molecular weight excluding hydrogens is 358 g/mol. The molecule has 0 aliphatic rings. The molecular formula is C18H16ClF4NO. The van der Waals surface area contributed by atoms with Crippen LogP contribution in [0.2, 0.25) is 5.02 Å². The summed E-state index contributed by atoms with van der Waals surface area (Å²) >= 11 is 5.95. The lowest BCUT2D eigenvalue weighted by Crippen LogP contribution is -2.10. The van der Waals surface area contributed by atoms with Crippen molar-refractivity contribution < 1.29 is 22.3 Å². The second-order valence-electron chi connectivity index (χ2n) is 5.80. The molecule has 0 bridgehead atoms. The van der Waals surface area contributed by atoms with E-state index in [1.165, 1.54) is 6.07 Å². The Bertz CT molecular complexity index is 798. The van der Waals surface area contributed by atoms with Crippen molar-refractivity contribution >= 4 is 17.2 Å². The van der Waals surface area contributed by atoms with Gasteiger partial charge in [-0.25, -0.2) is 4.39 Å². The number of ether oxygens (including phenoxy) is 1. The van der Waals surface area contributed by atoms with E-state index in [2.05, 4.69) is 11.6 Å². The Balaban J connectivity index is 2.72. The third-order valence-electron chi connectivity index (χ3n) is 3.33. The molecule has 2 nitrogen and oxygen atoms in total. The fraction of sp³-hybridized carbons (Fsp3) is 0.278. The predicted octanol–water partition coefficient (Wildman–Crippen LogP) is 6.38. The lowest BCUT2D eigenvalue weighted by molar-refractivity contribution is -0.141. The maximum Gasteiger partial charge on any atom is 0.433 e. The van der Waals surface area contributed by atoms with E-state index in [4.69, 9.17) is 16.3 Å².